The predicted octanol–water partition coefficient (Wildman–Crippen LogP) is 1.54. The first-order valence-electron chi connectivity index (χ1n) is 5.94. The quantitative estimate of drug-likeness (QED) is 0.862. The molecule has 0 bridgehead atoms. The Balaban J connectivity index is 2.42. The number of aliphatic hydroxyl groups is 1. The summed E-state index contributed by atoms with van der Waals surface area (Å²) in [5, 5.41) is 9.76. The van der Waals surface area contributed by atoms with Crippen LogP contribution in [0.15, 0.2) is 18.2 Å². The zero-order chi connectivity index (χ0) is 12.6. The number of fused-ring (bicyclic) bond motifs is 1. The van der Waals surface area contributed by atoms with E-state index in [1.807, 2.05) is 18.2 Å². The van der Waals surface area contributed by atoms with Crippen LogP contribution in [0.4, 0.5) is 11.4 Å². The maximum Gasteiger partial charge on any atom is 0.260 e. The summed E-state index contributed by atoms with van der Waals surface area (Å²) >= 11 is 0. The molecule has 1 aromatic carbocycles. The van der Waals surface area contributed by atoms with Crippen LogP contribution in [0.1, 0.15) is 25.5 Å². The van der Waals surface area contributed by atoms with Gasteiger partial charge in [-0.05, 0) is 26.0 Å². The van der Waals surface area contributed by atoms with Crippen molar-refractivity contribution in [1.29, 1.82) is 0 Å². The second kappa shape index (κ2) is 4.37. The Hall–Kier alpha value is -1.55. The van der Waals surface area contributed by atoms with Crippen molar-refractivity contribution in [2.75, 3.05) is 29.9 Å². The number of rotatable bonds is 3. The maximum absolute atomic E-state index is 11.6. The van der Waals surface area contributed by atoms with E-state index in [9.17, 15) is 9.90 Å². The zero-order valence-corrected chi connectivity index (χ0v) is 10.5. The summed E-state index contributed by atoms with van der Waals surface area (Å²) in [5.41, 5.74) is 2.60. The Morgan fingerprint density at radius 3 is 2.59 bits per heavy atom. The van der Waals surface area contributed by atoms with Crippen LogP contribution in [0.3, 0.4) is 0 Å². The summed E-state index contributed by atoms with van der Waals surface area (Å²) in [5.74, 6) is -0.253. The minimum absolute atomic E-state index is 0.253. The van der Waals surface area contributed by atoms with Crippen molar-refractivity contribution in [3.8, 4) is 0 Å². The summed E-state index contributed by atoms with van der Waals surface area (Å²) in [6.45, 7) is 6.05. The number of hydrogen-bond acceptors (Lipinski definition) is 3. The molecule has 0 fully saturated rings. The SMILES string of the molecule is CCN(CC)c1ccc2c(c1)N(C)C(=O)C2O. The number of benzene rings is 1. The van der Waals surface area contributed by atoms with E-state index in [2.05, 4.69) is 18.7 Å². The van der Waals surface area contributed by atoms with Crippen LogP contribution in [-0.2, 0) is 4.79 Å². The first-order valence-corrected chi connectivity index (χ1v) is 5.94. The molecule has 0 saturated heterocycles. The zero-order valence-electron chi connectivity index (χ0n) is 10.5. The molecule has 2 rings (SSSR count). The van der Waals surface area contributed by atoms with Gasteiger partial charge in [0.2, 0.25) is 0 Å². The maximum atomic E-state index is 11.6. The van der Waals surface area contributed by atoms with Crippen LogP contribution in [0.25, 0.3) is 0 Å². The van der Waals surface area contributed by atoms with Gasteiger partial charge in [-0.2, -0.15) is 0 Å². The molecule has 1 aliphatic heterocycles. The van der Waals surface area contributed by atoms with Crippen LogP contribution in [-0.4, -0.2) is 31.2 Å². The highest BCUT2D eigenvalue weighted by Crippen LogP contribution is 2.37. The molecule has 1 unspecified atom stereocenters. The molecule has 1 aromatic rings. The van der Waals surface area contributed by atoms with E-state index in [0.29, 0.717) is 5.56 Å². The van der Waals surface area contributed by atoms with Crippen molar-refractivity contribution < 1.29 is 9.90 Å². The fourth-order valence-corrected chi connectivity index (χ4v) is 2.27. The normalized spacial score (nSPS) is 18.5. The number of anilines is 2. The number of amides is 1. The van der Waals surface area contributed by atoms with E-state index in [1.165, 1.54) is 4.90 Å². The Morgan fingerprint density at radius 2 is 2.00 bits per heavy atom. The van der Waals surface area contributed by atoms with Crippen LogP contribution in [0, 0.1) is 0 Å². The van der Waals surface area contributed by atoms with Crippen LogP contribution < -0.4 is 9.80 Å². The van der Waals surface area contributed by atoms with Gasteiger partial charge in [-0.3, -0.25) is 4.79 Å². The third-order valence-electron chi connectivity index (χ3n) is 3.36. The fraction of sp³-hybridized carbons (Fsp3) is 0.462. The highest BCUT2D eigenvalue weighted by atomic mass is 16.3. The lowest BCUT2D eigenvalue weighted by atomic mass is 10.1. The number of nitrogens with zero attached hydrogens (tertiary/aromatic N) is 2. The lowest BCUT2D eigenvalue weighted by molar-refractivity contribution is -0.125. The van der Waals surface area contributed by atoms with E-state index >= 15 is 0 Å². The molecule has 0 radical (unpaired) electrons. The van der Waals surface area contributed by atoms with Gasteiger partial charge in [0.25, 0.3) is 5.91 Å². The van der Waals surface area contributed by atoms with Gasteiger partial charge in [0.15, 0.2) is 6.10 Å². The summed E-state index contributed by atoms with van der Waals surface area (Å²) < 4.78 is 0. The topological polar surface area (TPSA) is 43.8 Å². The van der Waals surface area contributed by atoms with Crippen LogP contribution >= 0.6 is 0 Å². The molecule has 4 heteroatoms. The van der Waals surface area contributed by atoms with E-state index in [-0.39, 0.29) is 5.91 Å². The molecule has 0 spiro atoms. The molecule has 0 aliphatic carbocycles. The molecule has 17 heavy (non-hydrogen) atoms. The Bertz CT molecular complexity index is 441. The number of hydrogen-bond donors (Lipinski definition) is 1. The Kier molecular flexibility index (Phi) is 3.07. The van der Waals surface area contributed by atoms with E-state index in [1.54, 1.807) is 7.05 Å². The first-order chi connectivity index (χ1) is 8.10. The fourth-order valence-electron chi connectivity index (χ4n) is 2.27. The largest absolute Gasteiger partial charge is 0.378 e. The smallest absolute Gasteiger partial charge is 0.260 e. The van der Waals surface area contributed by atoms with Crippen molar-refractivity contribution in [3.63, 3.8) is 0 Å². The van der Waals surface area contributed by atoms with E-state index < -0.39 is 6.10 Å². The number of aliphatic hydroxyl groups excluding tert-OH is 1. The third kappa shape index (κ3) is 1.78. The summed E-state index contributed by atoms with van der Waals surface area (Å²) in [6, 6.07) is 5.77. The van der Waals surface area contributed by atoms with Gasteiger partial charge in [0.1, 0.15) is 0 Å². The molecule has 4 nitrogen and oxygen atoms in total. The number of carbonyl (C=O) groups excluding carboxylic acids is 1. The highest BCUT2D eigenvalue weighted by Gasteiger charge is 2.33. The van der Waals surface area contributed by atoms with Crippen LogP contribution in [0.2, 0.25) is 0 Å². The van der Waals surface area contributed by atoms with Gasteiger partial charge in [-0.1, -0.05) is 6.07 Å². The monoisotopic (exact) mass is 234 g/mol. The molecular formula is C13H18N2O2. The van der Waals surface area contributed by atoms with Gasteiger partial charge in [-0.15, -0.1) is 0 Å². The standard InChI is InChI=1S/C13H18N2O2/c1-4-15(5-2)9-6-7-10-11(8-9)14(3)13(17)12(10)16/h6-8,12,16H,4-5H2,1-3H3. The Morgan fingerprint density at radius 1 is 1.35 bits per heavy atom. The summed E-state index contributed by atoms with van der Waals surface area (Å²) in [4.78, 5) is 15.4. The van der Waals surface area contributed by atoms with Crippen molar-refractivity contribution in [2.24, 2.45) is 0 Å². The van der Waals surface area contributed by atoms with Gasteiger partial charge >= 0.3 is 0 Å². The van der Waals surface area contributed by atoms with Crippen molar-refractivity contribution in [1.82, 2.24) is 0 Å². The number of likely N-dealkylation sites (N-methyl/N-ethyl adjacent to an activating group) is 1. The molecular weight excluding hydrogens is 216 g/mol. The van der Waals surface area contributed by atoms with E-state index in [0.717, 1.165) is 24.5 Å². The molecule has 1 N–H and O–H groups in total. The van der Waals surface area contributed by atoms with Crippen molar-refractivity contribution in [3.05, 3.63) is 23.8 Å². The van der Waals surface area contributed by atoms with Crippen molar-refractivity contribution in [2.45, 2.75) is 20.0 Å². The minimum Gasteiger partial charge on any atom is -0.378 e. The van der Waals surface area contributed by atoms with Gasteiger partial charge in [0, 0.05) is 31.4 Å². The van der Waals surface area contributed by atoms with Gasteiger partial charge < -0.3 is 14.9 Å². The highest BCUT2D eigenvalue weighted by molar-refractivity contribution is 6.03. The molecule has 1 aliphatic rings. The lowest BCUT2D eigenvalue weighted by Gasteiger charge is -2.22. The predicted molar refractivity (Wildman–Crippen MR) is 68.4 cm³/mol. The number of carbonyl (C=O) groups is 1. The summed E-state index contributed by atoms with van der Waals surface area (Å²) in [6.07, 6.45) is -0.999. The van der Waals surface area contributed by atoms with E-state index in [4.69, 9.17) is 0 Å². The lowest BCUT2D eigenvalue weighted by Crippen LogP contribution is -2.24. The van der Waals surface area contributed by atoms with Gasteiger partial charge in [-0.25, -0.2) is 0 Å². The van der Waals surface area contributed by atoms with Crippen LogP contribution in [0.5, 0.6) is 0 Å². The molecule has 92 valence electrons. The molecule has 0 saturated carbocycles. The third-order valence-corrected chi connectivity index (χ3v) is 3.36. The van der Waals surface area contributed by atoms with Gasteiger partial charge in [0.05, 0.1) is 5.69 Å². The average Bonchev–Trinajstić information content (AvgIpc) is 2.56. The molecule has 1 heterocycles. The minimum atomic E-state index is -0.999. The average molecular weight is 234 g/mol. The second-order valence-corrected chi connectivity index (χ2v) is 4.22. The van der Waals surface area contributed by atoms with Crippen molar-refractivity contribution >= 4 is 17.3 Å². The molecule has 1 atom stereocenters. The Labute approximate surface area is 101 Å². The summed E-state index contributed by atoms with van der Waals surface area (Å²) in [7, 11) is 1.70. The molecule has 0 aromatic heterocycles. The second-order valence-electron chi connectivity index (χ2n) is 4.22. The molecule has 1 amide bonds. The first kappa shape index (κ1) is 11.9.